The quantitative estimate of drug-likeness (QED) is 0.705. The molecule has 4 rings (SSSR count). The first kappa shape index (κ1) is 17.6. The third-order valence-electron chi connectivity index (χ3n) is 4.40. The first-order valence-electron chi connectivity index (χ1n) is 8.79. The number of ether oxygens (including phenoxy) is 1. The Morgan fingerprint density at radius 1 is 1.32 bits per heavy atom. The van der Waals surface area contributed by atoms with Gasteiger partial charge in [-0.25, -0.2) is 9.97 Å². The van der Waals surface area contributed by atoms with E-state index in [2.05, 4.69) is 21.8 Å². The Morgan fingerprint density at radius 2 is 2.21 bits per heavy atom. The van der Waals surface area contributed by atoms with E-state index < -0.39 is 0 Å². The van der Waals surface area contributed by atoms with Gasteiger partial charge in [-0.3, -0.25) is 4.79 Å². The molecule has 0 aliphatic carbocycles. The Labute approximate surface area is 161 Å². The average molecular weight is 374 g/mol. The average Bonchev–Trinajstić information content (AvgIpc) is 3.41. The Balaban J connectivity index is 1.96. The number of hydrogen-bond donors (Lipinski definition) is 1. The van der Waals surface area contributed by atoms with Crippen molar-refractivity contribution < 1.29 is 9.15 Å². The second-order valence-corrected chi connectivity index (χ2v) is 6.21. The lowest BCUT2D eigenvalue weighted by atomic mass is 9.98. The minimum atomic E-state index is -0.287. The zero-order chi connectivity index (χ0) is 19.5. The summed E-state index contributed by atoms with van der Waals surface area (Å²) in [6.07, 6.45) is 7.28. The van der Waals surface area contributed by atoms with E-state index in [-0.39, 0.29) is 17.6 Å². The summed E-state index contributed by atoms with van der Waals surface area (Å²) in [6, 6.07) is 6.84. The van der Waals surface area contributed by atoms with Crippen LogP contribution < -0.4 is 11.3 Å². The Hall–Kier alpha value is -3.79. The van der Waals surface area contributed by atoms with Crippen LogP contribution in [0.25, 0.3) is 22.6 Å². The third-order valence-corrected chi connectivity index (χ3v) is 4.40. The van der Waals surface area contributed by atoms with E-state index in [9.17, 15) is 4.79 Å². The summed E-state index contributed by atoms with van der Waals surface area (Å²) in [5, 5.41) is 0. The smallest absolute Gasteiger partial charge is 0.251 e. The van der Waals surface area contributed by atoms with Gasteiger partial charge < -0.3 is 19.5 Å². The number of anilines is 1. The molecule has 0 saturated carbocycles. The molecule has 0 spiro atoms. The van der Waals surface area contributed by atoms with Gasteiger partial charge in [0.2, 0.25) is 5.95 Å². The van der Waals surface area contributed by atoms with Crippen molar-refractivity contribution in [2.24, 2.45) is 0 Å². The first-order chi connectivity index (χ1) is 13.7. The Bertz CT molecular complexity index is 1140. The van der Waals surface area contributed by atoms with E-state index in [0.717, 1.165) is 11.1 Å². The highest BCUT2D eigenvalue weighted by molar-refractivity contribution is 5.81. The zero-order valence-corrected chi connectivity index (χ0v) is 15.3. The zero-order valence-electron chi connectivity index (χ0n) is 15.3. The van der Waals surface area contributed by atoms with E-state index in [0.29, 0.717) is 30.1 Å². The summed E-state index contributed by atoms with van der Waals surface area (Å²) in [7, 11) is 0. The minimum absolute atomic E-state index is 0.130. The van der Waals surface area contributed by atoms with Crippen molar-refractivity contribution in [3.05, 3.63) is 65.1 Å². The van der Waals surface area contributed by atoms with Gasteiger partial charge in [-0.15, -0.1) is 5.92 Å². The van der Waals surface area contributed by atoms with E-state index in [1.165, 1.54) is 6.07 Å². The monoisotopic (exact) mass is 374 g/mol. The molecule has 3 aromatic rings. The molecular formula is C21H18N4O3. The maximum Gasteiger partial charge on any atom is 0.251 e. The van der Waals surface area contributed by atoms with Crippen molar-refractivity contribution in [3.8, 4) is 34.4 Å². The molecule has 0 radical (unpaired) electrons. The molecule has 0 aromatic carbocycles. The van der Waals surface area contributed by atoms with Gasteiger partial charge in [0.25, 0.3) is 5.56 Å². The van der Waals surface area contributed by atoms with Gasteiger partial charge in [-0.1, -0.05) is 5.92 Å². The third kappa shape index (κ3) is 3.28. The van der Waals surface area contributed by atoms with Gasteiger partial charge >= 0.3 is 0 Å². The molecule has 140 valence electrons. The lowest BCUT2D eigenvalue weighted by molar-refractivity contribution is 0.169. The summed E-state index contributed by atoms with van der Waals surface area (Å²) < 4.78 is 12.8. The van der Waals surface area contributed by atoms with Gasteiger partial charge in [0.05, 0.1) is 24.8 Å². The summed E-state index contributed by atoms with van der Waals surface area (Å²) in [4.78, 5) is 21.1. The van der Waals surface area contributed by atoms with E-state index in [1.807, 2.05) is 6.08 Å². The Morgan fingerprint density at radius 3 is 2.93 bits per heavy atom. The number of rotatable bonds is 4. The van der Waals surface area contributed by atoms with Crippen LogP contribution in [0.3, 0.4) is 0 Å². The summed E-state index contributed by atoms with van der Waals surface area (Å²) in [6.45, 7) is 2.03. The molecule has 7 nitrogen and oxygen atoms in total. The summed E-state index contributed by atoms with van der Waals surface area (Å²) in [5.41, 5.74) is 8.53. The molecule has 7 heteroatoms. The van der Waals surface area contributed by atoms with Crippen LogP contribution >= 0.6 is 0 Å². The van der Waals surface area contributed by atoms with Crippen molar-refractivity contribution in [1.82, 2.24) is 14.5 Å². The number of nitrogens with two attached hydrogens (primary N) is 1. The van der Waals surface area contributed by atoms with E-state index in [1.54, 1.807) is 48.4 Å². The topological polar surface area (TPSA) is 96.2 Å². The number of pyridine rings is 1. The standard InChI is InChI=1S/C21H18N4O3/c1-2-3-10-25-13-14(8-9-17(25)26)18-19(15-6-4-11-27-15)23-21(22)24-20(18)16-7-5-12-28-16/h4-6,8-9,11-13,16H,7,10H2,1H3,(H2,22,23,24). The van der Waals surface area contributed by atoms with Crippen LogP contribution in [0.2, 0.25) is 0 Å². The largest absolute Gasteiger partial charge is 0.492 e. The van der Waals surface area contributed by atoms with Crippen LogP contribution in [-0.4, -0.2) is 14.5 Å². The van der Waals surface area contributed by atoms with Gasteiger partial charge in [-0.2, -0.15) is 0 Å². The van der Waals surface area contributed by atoms with Crippen molar-refractivity contribution in [2.45, 2.75) is 26.0 Å². The van der Waals surface area contributed by atoms with E-state index in [4.69, 9.17) is 14.9 Å². The molecule has 1 unspecified atom stereocenters. The lowest BCUT2D eigenvalue weighted by Gasteiger charge is -2.18. The summed E-state index contributed by atoms with van der Waals surface area (Å²) in [5.74, 6) is 6.41. The van der Waals surface area contributed by atoms with Crippen molar-refractivity contribution in [1.29, 1.82) is 0 Å². The highest BCUT2D eigenvalue weighted by atomic mass is 16.5. The highest BCUT2D eigenvalue weighted by Crippen LogP contribution is 2.39. The summed E-state index contributed by atoms with van der Waals surface area (Å²) >= 11 is 0. The van der Waals surface area contributed by atoms with Crippen molar-refractivity contribution >= 4 is 5.95 Å². The molecular weight excluding hydrogens is 356 g/mol. The predicted molar refractivity (Wildman–Crippen MR) is 105 cm³/mol. The first-order valence-corrected chi connectivity index (χ1v) is 8.79. The minimum Gasteiger partial charge on any atom is -0.492 e. The van der Waals surface area contributed by atoms with Crippen LogP contribution in [0.5, 0.6) is 0 Å². The van der Waals surface area contributed by atoms with Gasteiger partial charge in [0.15, 0.2) is 5.76 Å². The fourth-order valence-corrected chi connectivity index (χ4v) is 3.13. The second-order valence-electron chi connectivity index (χ2n) is 6.21. The second kappa shape index (κ2) is 7.45. The molecule has 3 aromatic heterocycles. The lowest BCUT2D eigenvalue weighted by Crippen LogP contribution is -2.18. The normalized spacial score (nSPS) is 15.1. The molecule has 4 heterocycles. The van der Waals surface area contributed by atoms with Crippen LogP contribution in [0.4, 0.5) is 5.95 Å². The molecule has 0 amide bonds. The fourth-order valence-electron chi connectivity index (χ4n) is 3.13. The molecule has 0 fully saturated rings. The number of hydrogen-bond acceptors (Lipinski definition) is 6. The van der Waals surface area contributed by atoms with Crippen molar-refractivity contribution in [3.63, 3.8) is 0 Å². The molecule has 1 aliphatic heterocycles. The predicted octanol–water partition coefficient (Wildman–Crippen LogP) is 3.15. The number of nitrogen functional groups attached to an aromatic ring is 1. The van der Waals surface area contributed by atoms with Gasteiger partial charge in [-0.05, 0) is 31.2 Å². The number of aromatic nitrogens is 3. The number of furan rings is 1. The Kier molecular flexibility index (Phi) is 4.68. The molecule has 2 N–H and O–H groups in total. The van der Waals surface area contributed by atoms with Crippen LogP contribution in [0, 0.1) is 11.8 Å². The molecule has 0 saturated heterocycles. The van der Waals surface area contributed by atoms with E-state index >= 15 is 0 Å². The van der Waals surface area contributed by atoms with Crippen LogP contribution in [0.1, 0.15) is 25.1 Å². The highest BCUT2D eigenvalue weighted by Gasteiger charge is 2.26. The molecule has 1 aliphatic rings. The van der Waals surface area contributed by atoms with Crippen LogP contribution in [0.15, 0.2) is 58.3 Å². The maximum atomic E-state index is 12.2. The van der Waals surface area contributed by atoms with Crippen molar-refractivity contribution in [2.75, 3.05) is 5.73 Å². The van der Waals surface area contributed by atoms with Crippen LogP contribution in [-0.2, 0) is 11.3 Å². The molecule has 0 bridgehead atoms. The fraction of sp³-hybridized carbons (Fsp3) is 0.190. The maximum absolute atomic E-state index is 12.2. The molecule has 1 atom stereocenters. The van der Waals surface area contributed by atoms with Gasteiger partial charge in [0, 0.05) is 29.8 Å². The SMILES string of the molecule is CC#CCn1cc(-c2c(-c3ccco3)nc(N)nc2C2CC=CO2)ccc1=O. The molecule has 28 heavy (non-hydrogen) atoms. The van der Waals surface area contributed by atoms with Gasteiger partial charge in [0.1, 0.15) is 11.8 Å². The number of nitrogens with zero attached hydrogens (tertiary/aromatic N) is 3.